The van der Waals surface area contributed by atoms with Crippen LogP contribution in [0.4, 0.5) is 17.1 Å². The van der Waals surface area contributed by atoms with Gasteiger partial charge in [-0.3, -0.25) is 0 Å². The molecule has 0 unspecified atom stereocenters. The van der Waals surface area contributed by atoms with Gasteiger partial charge >= 0.3 is 0 Å². The molecule has 1 aliphatic rings. The van der Waals surface area contributed by atoms with Crippen LogP contribution in [-0.4, -0.2) is 4.57 Å². The van der Waals surface area contributed by atoms with Crippen molar-refractivity contribution in [2.75, 3.05) is 4.90 Å². The van der Waals surface area contributed by atoms with Gasteiger partial charge in [0.25, 0.3) is 0 Å². The van der Waals surface area contributed by atoms with Gasteiger partial charge in [0, 0.05) is 44.2 Å². The van der Waals surface area contributed by atoms with Crippen LogP contribution in [0.5, 0.6) is 11.5 Å². The van der Waals surface area contributed by atoms with Crippen LogP contribution in [0, 0.1) is 6.92 Å². The first-order valence-corrected chi connectivity index (χ1v) is 23.8. The summed E-state index contributed by atoms with van der Waals surface area (Å²) < 4.78 is 9.35. The van der Waals surface area contributed by atoms with E-state index < -0.39 is 5.41 Å². The highest BCUT2D eigenvalue weighted by atomic mass is 16.5. The Bertz CT molecular complexity index is 3790. The Hall–Kier alpha value is -8.92. The van der Waals surface area contributed by atoms with Crippen molar-refractivity contribution in [3.8, 4) is 39.4 Å². The molecule has 1 heterocycles. The monoisotopic (exact) mass is 882 g/mol. The number of hydrogen-bond acceptors (Lipinski definition) is 2. The SMILES string of the molecule is Cc1ccccc1-c1ccccc1Oc1ccc(N(c2ccc(-n3c4ccccc4c4ccccc43)cc2)c2ccc(C3(c4ccccc4)c4ccccc4-c4ccccc43)cc2)c2ccccc12. The van der Waals surface area contributed by atoms with Crippen LogP contribution < -0.4 is 9.64 Å². The summed E-state index contributed by atoms with van der Waals surface area (Å²) >= 11 is 0. The van der Waals surface area contributed by atoms with Crippen molar-refractivity contribution >= 4 is 49.6 Å². The number of benzene rings is 11. The average molecular weight is 883 g/mol. The van der Waals surface area contributed by atoms with Gasteiger partial charge in [-0.1, -0.05) is 194 Å². The van der Waals surface area contributed by atoms with Crippen LogP contribution in [-0.2, 0) is 5.41 Å². The van der Waals surface area contributed by atoms with E-state index in [-0.39, 0.29) is 0 Å². The third-order valence-corrected chi connectivity index (χ3v) is 14.3. The zero-order chi connectivity index (χ0) is 45.9. The number of fused-ring (bicyclic) bond motifs is 7. The summed E-state index contributed by atoms with van der Waals surface area (Å²) in [7, 11) is 0. The van der Waals surface area contributed by atoms with Gasteiger partial charge < -0.3 is 14.2 Å². The van der Waals surface area contributed by atoms with E-state index in [1.54, 1.807) is 0 Å². The van der Waals surface area contributed by atoms with Gasteiger partial charge in [-0.25, -0.2) is 0 Å². The van der Waals surface area contributed by atoms with Crippen molar-refractivity contribution < 1.29 is 4.74 Å². The molecule has 0 aliphatic heterocycles. The van der Waals surface area contributed by atoms with Crippen LogP contribution in [0.15, 0.2) is 261 Å². The van der Waals surface area contributed by atoms with Crippen LogP contribution >= 0.6 is 0 Å². The fourth-order valence-electron chi connectivity index (χ4n) is 11.3. The van der Waals surface area contributed by atoms with Crippen LogP contribution in [0.2, 0.25) is 0 Å². The Kier molecular flexibility index (Phi) is 9.62. The van der Waals surface area contributed by atoms with Crippen molar-refractivity contribution in [1.82, 2.24) is 4.57 Å². The fourth-order valence-corrected chi connectivity index (χ4v) is 11.3. The maximum absolute atomic E-state index is 6.97. The molecule has 11 aromatic carbocycles. The van der Waals surface area contributed by atoms with E-state index in [1.165, 1.54) is 60.8 Å². The molecule has 0 bridgehead atoms. The third kappa shape index (κ3) is 6.43. The van der Waals surface area contributed by atoms with Crippen LogP contribution in [0.25, 0.3) is 60.5 Å². The lowest BCUT2D eigenvalue weighted by molar-refractivity contribution is 0.490. The predicted molar refractivity (Wildman–Crippen MR) is 287 cm³/mol. The first kappa shape index (κ1) is 40.4. The first-order valence-electron chi connectivity index (χ1n) is 23.8. The molecule has 13 rings (SSSR count). The molecule has 326 valence electrons. The van der Waals surface area contributed by atoms with Crippen molar-refractivity contribution in [3.05, 3.63) is 289 Å². The topological polar surface area (TPSA) is 17.4 Å². The summed E-state index contributed by atoms with van der Waals surface area (Å²) in [6, 6.07) is 94.4. The molecule has 0 atom stereocenters. The molecule has 69 heavy (non-hydrogen) atoms. The highest BCUT2D eigenvalue weighted by Crippen LogP contribution is 2.56. The Morgan fingerprint density at radius 1 is 0.348 bits per heavy atom. The molecule has 0 spiro atoms. The second-order valence-electron chi connectivity index (χ2n) is 18.0. The normalized spacial score (nSPS) is 12.5. The lowest BCUT2D eigenvalue weighted by Gasteiger charge is -2.34. The van der Waals surface area contributed by atoms with Crippen molar-refractivity contribution in [1.29, 1.82) is 0 Å². The summed E-state index contributed by atoms with van der Waals surface area (Å²) in [6.07, 6.45) is 0. The molecule has 3 nitrogen and oxygen atoms in total. The summed E-state index contributed by atoms with van der Waals surface area (Å²) in [5, 5.41) is 4.60. The standard InChI is InChI=1S/C66H46N2O/c1-45-19-5-6-22-51(45)57-28-13-18-34-64(57)69-65-44-43-63(56-27-7-8-29-58(56)65)67(49-39-41-50(42-40-49)68-61-32-16-11-25-54(61)55-26-12-17-33-62(55)68)48-37-35-47(36-38-48)66(46-20-3-2-4-21-46)59-30-14-9-23-52(59)53-24-10-15-31-60(53)66/h2-44H,1H3. The largest absolute Gasteiger partial charge is 0.456 e. The summed E-state index contributed by atoms with van der Waals surface area (Å²) in [4.78, 5) is 2.40. The molecule has 0 saturated carbocycles. The van der Waals surface area contributed by atoms with Crippen LogP contribution in [0.3, 0.4) is 0 Å². The second kappa shape index (κ2) is 16.4. The van der Waals surface area contributed by atoms with Crippen molar-refractivity contribution in [2.24, 2.45) is 0 Å². The number of ether oxygens (including phenoxy) is 1. The lowest BCUT2D eigenvalue weighted by Crippen LogP contribution is -2.28. The number of anilines is 3. The summed E-state index contributed by atoms with van der Waals surface area (Å²) in [5.74, 6) is 1.62. The molecule has 12 aromatic rings. The van der Waals surface area contributed by atoms with Gasteiger partial charge in [-0.2, -0.15) is 0 Å². The average Bonchev–Trinajstić information content (AvgIpc) is 3.91. The van der Waals surface area contributed by atoms with E-state index >= 15 is 0 Å². The van der Waals surface area contributed by atoms with Gasteiger partial charge in [-0.05, 0) is 118 Å². The fraction of sp³-hybridized carbons (Fsp3) is 0.0303. The Balaban J connectivity index is 0.982. The van der Waals surface area contributed by atoms with E-state index in [0.717, 1.165) is 56.1 Å². The van der Waals surface area contributed by atoms with Gasteiger partial charge in [0.15, 0.2) is 0 Å². The first-order chi connectivity index (χ1) is 34.2. The zero-order valence-electron chi connectivity index (χ0n) is 38.1. The van der Waals surface area contributed by atoms with E-state index in [0.29, 0.717) is 0 Å². The molecule has 1 aromatic heterocycles. The van der Waals surface area contributed by atoms with Gasteiger partial charge in [0.1, 0.15) is 11.5 Å². The second-order valence-corrected chi connectivity index (χ2v) is 18.0. The quantitative estimate of drug-likeness (QED) is 0.144. The summed E-state index contributed by atoms with van der Waals surface area (Å²) in [6.45, 7) is 2.15. The molecular weight excluding hydrogens is 837 g/mol. The number of para-hydroxylation sites is 3. The van der Waals surface area contributed by atoms with E-state index in [1.807, 2.05) is 6.07 Å². The predicted octanol–water partition coefficient (Wildman–Crippen LogP) is 17.5. The minimum atomic E-state index is -0.498. The molecule has 3 heteroatoms. The van der Waals surface area contributed by atoms with E-state index in [9.17, 15) is 0 Å². The lowest BCUT2D eigenvalue weighted by atomic mass is 9.68. The Labute approximate surface area is 402 Å². The minimum absolute atomic E-state index is 0.498. The number of aromatic nitrogens is 1. The maximum atomic E-state index is 6.97. The highest BCUT2D eigenvalue weighted by molar-refractivity contribution is 6.09. The molecule has 0 fully saturated rings. The van der Waals surface area contributed by atoms with E-state index in [2.05, 4.69) is 271 Å². The molecule has 0 saturated heterocycles. The number of aryl methyl sites for hydroxylation is 1. The molecule has 0 amide bonds. The van der Waals surface area contributed by atoms with Crippen molar-refractivity contribution in [2.45, 2.75) is 12.3 Å². The Morgan fingerprint density at radius 3 is 1.46 bits per heavy atom. The van der Waals surface area contributed by atoms with Gasteiger partial charge in [-0.15, -0.1) is 0 Å². The molecule has 0 N–H and O–H groups in total. The zero-order valence-corrected chi connectivity index (χ0v) is 38.1. The molecular formula is C66H46N2O. The van der Waals surface area contributed by atoms with E-state index in [4.69, 9.17) is 4.74 Å². The minimum Gasteiger partial charge on any atom is -0.456 e. The van der Waals surface area contributed by atoms with Gasteiger partial charge in [0.2, 0.25) is 0 Å². The smallest absolute Gasteiger partial charge is 0.135 e. The maximum Gasteiger partial charge on any atom is 0.135 e. The number of rotatable bonds is 9. The number of hydrogen-bond donors (Lipinski definition) is 0. The highest BCUT2D eigenvalue weighted by Gasteiger charge is 2.45. The summed E-state index contributed by atoms with van der Waals surface area (Å²) in [5.41, 5.74) is 17.2. The van der Waals surface area contributed by atoms with Crippen molar-refractivity contribution in [3.63, 3.8) is 0 Å². The van der Waals surface area contributed by atoms with Gasteiger partial charge in [0.05, 0.1) is 22.1 Å². The third-order valence-electron chi connectivity index (χ3n) is 14.3. The molecule has 1 aliphatic carbocycles. The molecule has 0 radical (unpaired) electrons. The van der Waals surface area contributed by atoms with Crippen LogP contribution in [0.1, 0.15) is 27.8 Å². The number of nitrogens with zero attached hydrogens (tertiary/aromatic N) is 2. The Morgan fingerprint density at radius 2 is 0.826 bits per heavy atom.